The predicted molar refractivity (Wildman–Crippen MR) is 131 cm³/mol. The Balaban J connectivity index is 1.60. The van der Waals surface area contributed by atoms with Crippen molar-refractivity contribution in [1.29, 1.82) is 0 Å². The number of fused-ring (bicyclic) bond motifs is 3. The highest BCUT2D eigenvalue weighted by Gasteiger charge is 2.17. The SMILES string of the molecule is Cc1cccc(NC(=O)CSc2nnc3n(CCCOC(C)C)c(=O)c4ccccc4n23)c1. The lowest BCUT2D eigenvalue weighted by Crippen LogP contribution is -2.24. The lowest BCUT2D eigenvalue weighted by Gasteiger charge is -2.12. The van der Waals surface area contributed by atoms with E-state index in [4.69, 9.17) is 4.74 Å². The highest BCUT2D eigenvalue weighted by molar-refractivity contribution is 7.99. The number of carbonyl (C=O) groups is 1. The number of nitrogens with one attached hydrogen (secondary N) is 1. The van der Waals surface area contributed by atoms with Gasteiger partial charge in [-0.1, -0.05) is 36.0 Å². The summed E-state index contributed by atoms with van der Waals surface area (Å²) < 4.78 is 9.11. The van der Waals surface area contributed by atoms with E-state index < -0.39 is 0 Å². The Morgan fingerprint density at radius 3 is 2.76 bits per heavy atom. The van der Waals surface area contributed by atoms with Crippen LogP contribution in [0.4, 0.5) is 5.69 Å². The number of aromatic nitrogens is 4. The van der Waals surface area contributed by atoms with Crippen LogP contribution in [0.3, 0.4) is 0 Å². The molecule has 172 valence electrons. The molecule has 0 aliphatic heterocycles. The first kappa shape index (κ1) is 23.0. The van der Waals surface area contributed by atoms with Crippen LogP contribution in [0.25, 0.3) is 16.7 Å². The molecule has 0 unspecified atom stereocenters. The molecule has 2 heterocycles. The predicted octanol–water partition coefficient (Wildman–Crippen LogP) is 3.90. The fourth-order valence-corrected chi connectivity index (χ4v) is 4.36. The zero-order chi connectivity index (χ0) is 23.4. The molecule has 4 rings (SSSR count). The molecule has 0 aliphatic carbocycles. The molecule has 0 aliphatic rings. The molecule has 2 aromatic carbocycles. The van der Waals surface area contributed by atoms with Gasteiger partial charge < -0.3 is 10.1 Å². The van der Waals surface area contributed by atoms with Crippen molar-refractivity contribution in [2.75, 3.05) is 17.7 Å². The molecule has 0 spiro atoms. The number of hydrogen-bond acceptors (Lipinski definition) is 6. The molecule has 0 atom stereocenters. The molecule has 1 amide bonds. The normalized spacial score (nSPS) is 11.5. The molecule has 0 bridgehead atoms. The maximum atomic E-state index is 13.1. The number of para-hydroxylation sites is 1. The largest absolute Gasteiger partial charge is 0.379 e. The van der Waals surface area contributed by atoms with Gasteiger partial charge in [-0.3, -0.25) is 18.6 Å². The number of thioether (sulfide) groups is 1. The van der Waals surface area contributed by atoms with Gasteiger partial charge in [-0.05, 0) is 57.0 Å². The molecule has 0 fully saturated rings. The first-order valence-corrected chi connectivity index (χ1v) is 11.9. The Bertz CT molecular complexity index is 1350. The molecular weight excluding hydrogens is 438 g/mol. The first-order chi connectivity index (χ1) is 15.9. The minimum Gasteiger partial charge on any atom is -0.379 e. The lowest BCUT2D eigenvalue weighted by atomic mass is 10.2. The maximum Gasteiger partial charge on any atom is 0.262 e. The number of benzene rings is 2. The van der Waals surface area contributed by atoms with Crippen LogP contribution in [0.1, 0.15) is 25.8 Å². The number of carbonyl (C=O) groups excluding carboxylic acids is 1. The summed E-state index contributed by atoms with van der Waals surface area (Å²) >= 11 is 1.29. The Morgan fingerprint density at radius 1 is 1.15 bits per heavy atom. The van der Waals surface area contributed by atoms with Crippen molar-refractivity contribution in [3.8, 4) is 0 Å². The highest BCUT2D eigenvalue weighted by atomic mass is 32.2. The molecule has 4 aromatic rings. The van der Waals surface area contributed by atoms with E-state index in [1.165, 1.54) is 11.8 Å². The van der Waals surface area contributed by atoms with Crippen molar-refractivity contribution < 1.29 is 9.53 Å². The van der Waals surface area contributed by atoms with Crippen LogP contribution in [-0.2, 0) is 16.1 Å². The minimum atomic E-state index is -0.134. The standard InChI is InChI=1S/C24H27N5O3S/c1-16(2)32-13-7-12-28-22(31)19-10-4-5-11-20(19)29-23(28)26-27-24(29)33-15-21(30)25-18-9-6-8-17(3)14-18/h4-6,8-11,14,16H,7,12-13,15H2,1-3H3,(H,25,30). The number of ether oxygens (including phenoxy) is 1. The molecule has 8 nitrogen and oxygen atoms in total. The second-order valence-corrected chi connectivity index (χ2v) is 9.01. The highest BCUT2D eigenvalue weighted by Crippen LogP contribution is 2.22. The van der Waals surface area contributed by atoms with Crippen molar-refractivity contribution in [3.63, 3.8) is 0 Å². The Hall–Kier alpha value is -3.17. The zero-order valence-electron chi connectivity index (χ0n) is 18.9. The van der Waals surface area contributed by atoms with Gasteiger partial charge in [0.05, 0.1) is 22.8 Å². The smallest absolute Gasteiger partial charge is 0.262 e. The number of amides is 1. The van der Waals surface area contributed by atoms with E-state index >= 15 is 0 Å². The zero-order valence-corrected chi connectivity index (χ0v) is 19.8. The molecular formula is C24H27N5O3S. The molecule has 1 N–H and O–H groups in total. The maximum absolute atomic E-state index is 13.1. The van der Waals surface area contributed by atoms with E-state index in [-0.39, 0.29) is 23.3 Å². The summed E-state index contributed by atoms with van der Waals surface area (Å²) in [7, 11) is 0. The van der Waals surface area contributed by atoms with Crippen LogP contribution in [0.2, 0.25) is 0 Å². The van der Waals surface area contributed by atoms with Gasteiger partial charge in [-0.2, -0.15) is 0 Å². The summed E-state index contributed by atoms with van der Waals surface area (Å²) in [6.45, 7) is 6.97. The van der Waals surface area contributed by atoms with Gasteiger partial charge >= 0.3 is 0 Å². The molecule has 9 heteroatoms. The van der Waals surface area contributed by atoms with Crippen LogP contribution >= 0.6 is 11.8 Å². The summed E-state index contributed by atoms with van der Waals surface area (Å²) in [5.41, 5.74) is 2.45. The Morgan fingerprint density at radius 2 is 1.97 bits per heavy atom. The number of anilines is 1. The Kier molecular flexibility index (Phi) is 7.10. The quantitative estimate of drug-likeness (QED) is 0.298. The number of nitrogens with zero attached hydrogens (tertiary/aromatic N) is 4. The van der Waals surface area contributed by atoms with E-state index in [1.54, 1.807) is 10.6 Å². The van der Waals surface area contributed by atoms with E-state index in [9.17, 15) is 9.59 Å². The topological polar surface area (TPSA) is 90.5 Å². The molecule has 0 saturated carbocycles. The third kappa shape index (κ3) is 5.26. The third-order valence-electron chi connectivity index (χ3n) is 5.09. The Labute approximate surface area is 196 Å². The summed E-state index contributed by atoms with van der Waals surface area (Å²) in [6, 6.07) is 15.1. The molecule has 2 aromatic heterocycles. The number of aryl methyl sites for hydroxylation is 2. The van der Waals surface area contributed by atoms with Gasteiger partial charge in [0.2, 0.25) is 11.7 Å². The van der Waals surface area contributed by atoms with Crippen LogP contribution in [0.15, 0.2) is 58.5 Å². The van der Waals surface area contributed by atoms with Crippen LogP contribution < -0.4 is 10.9 Å². The van der Waals surface area contributed by atoms with Crippen LogP contribution in [-0.4, -0.2) is 43.5 Å². The van der Waals surface area contributed by atoms with Gasteiger partial charge in [0.1, 0.15) is 0 Å². The molecule has 33 heavy (non-hydrogen) atoms. The first-order valence-electron chi connectivity index (χ1n) is 10.9. The fraction of sp³-hybridized carbons (Fsp3) is 0.333. The van der Waals surface area contributed by atoms with Crippen LogP contribution in [0, 0.1) is 6.92 Å². The summed E-state index contributed by atoms with van der Waals surface area (Å²) in [6.07, 6.45) is 0.820. The monoisotopic (exact) mass is 465 g/mol. The van der Waals surface area contributed by atoms with Crippen molar-refractivity contribution in [2.24, 2.45) is 0 Å². The van der Waals surface area contributed by atoms with Crippen molar-refractivity contribution in [1.82, 2.24) is 19.2 Å². The molecule has 0 saturated heterocycles. The van der Waals surface area contributed by atoms with Gasteiger partial charge in [-0.25, -0.2) is 0 Å². The lowest BCUT2D eigenvalue weighted by molar-refractivity contribution is -0.113. The van der Waals surface area contributed by atoms with Crippen molar-refractivity contribution in [2.45, 2.75) is 45.0 Å². The van der Waals surface area contributed by atoms with Crippen LogP contribution in [0.5, 0.6) is 0 Å². The molecule has 0 radical (unpaired) electrons. The van der Waals surface area contributed by atoms with Gasteiger partial charge in [0.15, 0.2) is 5.16 Å². The van der Waals surface area contributed by atoms with E-state index in [0.29, 0.717) is 35.9 Å². The minimum absolute atomic E-state index is 0.108. The van der Waals surface area contributed by atoms with Gasteiger partial charge in [0.25, 0.3) is 5.56 Å². The number of rotatable bonds is 9. The van der Waals surface area contributed by atoms with Crippen molar-refractivity contribution >= 4 is 40.0 Å². The summed E-state index contributed by atoms with van der Waals surface area (Å²) in [4.78, 5) is 25.7. The summed E-state index contributed by atoms with van der Waals surface area (Å²) in [5, 5.41) is 12.7. The third-order valence-corrected chi connectivity index (χ3v) is 6.02. The second-order valence-electron chi connectivity index (χ2n) is 8.07. The van der Waals surface area contributed by atoms with Gasteiger partial charge in [-0.15, -0.1) is 10.2 Å². The van der Waals surface area contributed by atoms with Crippen molar-refractivity contribution in [3.05, 3.63) is 64.4 Å². The van der Waals surface area contributed by atoms with Gasteiger partial charge in [0, 0.05) is 18.8 Å². The van der Waals surface area contributed by atoms with E-state index in [2.05, 4.69) is 15.5 Å². The fourth-order valence-electron chi connectivity index (χ4n) is 3.62. The number of hydrogen-bond donors (Lipinski definition) is 1. The second kappa shape index (κ2) is 10.2. The van der Waals surface area contributed by atoms with E-state index in [1.807, 2.05) is 67.6 Å². The summed E-state index contributed by atoms with van der Waals surface area (Å²) in [5.74, 6) is 0.500. The average Bonchev–Trinajstić information content (AvgIpc) is 3.21. The average molecular weight is 466 g/mol. The van der Waals surface area contributed by atoms with E-state index in [0.717, 1.165) is 16.8 Å².